The molecule has 0 fully saturated rings. The summed E-state index contributed by atoms with van der Waals surface area (Å²) in [5.41, 5.74) is 1.83. The van der Waals surface area contributed by atoms with E-state index in [2.05, 4.69) is 11.9 Å². The summed E-state index contributed by atoms with van der Waals surface area (Å²) in [6.07, 6.45) is 1.25. The molecule has 1 aromatic rings. The molecule has 0 radical (unpaired) electrons. The highest BCUT2D eigenvalue weighted by atomic mass is 16.1. The Hall–Kier alpha value is -1.77. The number of nitrogens with one attached hydrogen (secondary N) is 1. The van der Waals surface area contributed by atoms with Gasteiger partial charge in [0.2, 0.25) is 5.91 Å². The number of rotatable bonds is 3. The van der Waals surface area contributed by atoms with Gasteiger partial charge in [-0.05, 0) is 24.3 Å². The van der Waals surface area contributed by atoms with Crippen molar-refractivity contribution >= 4 is 17.3 Å². The van der Waals surface area contributed by atoms with Crippen LogP contribution in [0.3, 0.4) is 0 Å². The minimum atomic E-state index is -0.194. The predicted molar refractivity (Wildman–Crippen MR) is 59.6 cm³/mol. The van der Waals surface area contributed by atoms with Gasteiger partial charge in [0.05, 0.1) is 0 Å². The van der Waals surface area contributed by atoms with E-state index in [1.165, 1.54) is 6.08 Å². The van der Waals surface area contributed by atoms with Crippen LogP contribution in [0.25, 0.3) is 0 Å². The third kappa shape index (κ3) is 2.62. The highest BCUT2D eigenvalue weighted by Crippen LogP contribution is 2.16. The smallest absolute Gasteiger partial charge is 0.247 e. The van der Waals surface area contributed by atoms with E-state index in [4.69, 9.17) is 0 Å². The van der Waals surface area contributed by atoms with Crippen LogP contribution in [0.1, 0.15) is 0 Å². The van der Waals surface area contributed by atoms with Crippen LogP contribution in [0.4, 0.5) is 11.4 Å². The fraction of sp³-hybridized carbons (Fsp3) is 0.182. The van der Waals surface area contributed by atoms with Gasteiger partial charge in [-0.1, -0.05) is 12.6 Å². The van der Waals surface area contributed by atoms with Gasteiger partial charge in [-0.2, -0.15) is 0 Å². The van der Waals surface area contributed by atoms with Crippen LogP contribution in [0, 0.1) is 0 Å². The van der Waals surface area contributed by atoms with Gasteiger partial charge in [-0.3, -0.25) is 4.79 Å². The Morgan fingerprint density at radius 3 is 2.79 bits per heavy atom. The first-order valence-electron chi connectivity index (χ1n) is 4.34. The van der Waals surface area contributed by atoms with Crippen molar-refractivity contribution in [3.8, 4) is 0 Å². The van der Waals surface area contributed by atoms with Crippen molar-refractivity contribution in [3.63, 3.8) is 0 Å². The van der Waals surface area contributed by atoms with Crippen molar-refractivity contribution in [2.45, 2.75) is 0 Å². The largest absolute Gasteiger partial charge is 0.378 e. The molecule has 0 spiro atoms. The van der Waals surface area contributed by atoms with Gasteiger partial charge in [0, 0.05) is 25.5 Å². The SMILES string of the molecule is C=CC(=O)Nc1cccc(N(C)C)c1. The van der Waals surface area contributed by atoms with Crippen LogP contribution in [0.5, 0.6) is 0 Å². The molecule has 0 saturated heterocycles. The van der Waals surface area contributed by atoms with E-state index in [0.717, 1.165) is 11.4 Å². The minimum Gasteiger partial charge on any atom is -0.378 e. The van der Waals surface area contributed by atoms with E-state index >= 15 is 0 Å². The Bertz CT molecular complexity index is 345. The molecule has 0 saturated carbocycles. The number of nitrogens with zero attached hydrogens (tertiary/aromatic N) is 1. The van der Waals surface area contributed by atoms with Crippen LogP contribution >= 0.6 is 0 Å². The Morgan fingerprint density at radius 2 is 2.21 bits per heavy atom. The maximum Gasteiger partial charge on any atom is 0.247 e. The molecule has 14 heavy (non-hydrogen) atoms. The second-order valence-electron chi connectivity index (χ2n) is 3.14. The first-order chi connectivity index (χ1) is 6.63. The topological polar surface area (TPSA) is 32.3 Å². The molecule has 0 heterocycles. The standard InChI is InChI=1S/C11H14N2O/c1-4-11(14)12-9-6-5-7-10(8-9)13(2)3/h4-8H,1H2,2-3H3,(H,12,14). The average Bonchev–Trinajstić information content (AvgIpc) is 2.18. The molecule has 0 aliphatic rings. The highest BCUT2D eigenvalue weighted by Gasteiger charge is 1.99. The van der Waals surface area contributed by atoms with Crippen molar-refractivity contribution in [1.82, 2.24) is 0 Å². The molecule has 1 aromatic carbocycles. The number of benzene rings is 1. The summed E-state index contributed by atoms with van der Waals surface area (Å²) in [5, 5.41) is 2.70. The Balaban J connectivity index is 2.83. The molecular formula is C11H14N2O. The lowest BCUT2D eigenvalue weighted by Gasteiger charge is -2.13. The fourth-order valence-corrected chi connectivity index (χ4v) is 1.06. The third-order valence-corrected chi connectivity index (χ3v) is 1.82. The highest BCUT2D eigenvalue weighted by molar-refractivity contribution is 5.99. The average molecular weight is 190 g/mol. The van der Waals surface area contributed by atoms with Crippen LogP contribution in [-0.2, 0) is 4.79 Å². The van der Waals surface area contributed by atoms with Crippen LogP contribution in [-0.4, -0.2) is 20.0 Å². The summed E-state index contributed by atoms with van der Waals surface area (Å²) in [6, 6.07) is 7.62. The third-order valence-electron chi connectivity index (χ3n) is 1.82. The lowest BCUT2D eigenvalue weighted by atomic mass is 10.2. The maximum absolute atomic E-state index is 11.0. The van der Waals surface area contributed by atoms with Gasteiger partial charge < -0.3 is 10.2 Å². The molecule has 1 rings (SSSR count). The summed E-state index contributed by atoms with van der Waals surface area (Å²) in [7, 11) is 3.91. The Kier molecular flexibility index (Phi) is 3.29. The number of carbonyl (C=O) groups excluding carboxylic acids is 1. The van der Waals surface area contributed by atoms with Gasteiger partial charge in [0.1, 0.15) is 0 Å². The number of carbonyl (C=O) groups is 1. The van der Waals surface area contributed by atoms with Crippen LogP contribution < -0.4 is 10.2 Å². The molecule has 0 aliphatic heterocycles. The van der Waals surface area contributed by atoms with Gasteiger partial charge in [0.15, 0.2) is 0 Å². The normalized spacial score (nSPS) is 9.29. The molecular weight excluding hydrogens is 176 g/mol. The predicted octanol–water partition coefficient (Wildman–Crippen LogP) is 1.88. The van der Waals surface area contributed by atoms with Gasteiger partial charge >= 0.3 is 0 Å². The summed E-state index contributed by atoms with van der Waals surface area (Å²) in [6.45, 7) is 3.39. The molecule has 1 amide bonds. The first-order valence-corrected chi connectivity index (χ1v) is 4.34. The van der Waals surface area contributed by atoms with Crippen molar-refractivity contribution in [2.75, 3.05) is 24.3 Å². The lowest BCUT2D eigenvalue weighted by Crippen LogP contribution is -2.11. The Morgan fingerprint density at radius 1 is 1.50 bits per heavy atom. The van der Waals surface area contributed by atoms with Crippen molar-refractivity contribution < 1.29 is 4.79 Å². The van der Waals surface area contributed by atoms with E-state index in [1.54, 1.807) is 0 Å². The van der Waals surface area contributed by atoms with Gasteiger partial charge in [-0.15, -0.1) is 0 Å². The number of amides is 1. The summed E-state index contributed by atoms with van der Waals surface area (Å²) < 4.78 is 0. The van der Waals surface area contributed by atoms with Crippen molar-refractivity contribution in [3.05, 3.63) is 36.9 Å². The van der Waals surface area contributed by atoms with E-state index in [-0.39, 0.29) is 5.91 Å². The van der Waals surface area contributed by atoms with Crippen molar-refractivity contribution in [2.24, 2.45) is 0 Å². The zero-order valence-corrected chi connectivity index (χ0v) is 8.45. The number of anilines is 2. The number of hydrogen-bond acceptors (Lipinski definition) is 2. The molecule has 0 atom stereocenters. The molecule has 1 N–H and O–H groups in total. The molecule has 3 heteroatoms. The quantitative estimate of drug-likeness (QED) is 0.738. The monoisotopic (exact) mass is 190 g/mol. The molecule has 0 unspecified atom stereocenters. The van der Waals surface area contributed by atoms with E-state index in [0.29, 0.717) is 0 Å². The second kappa shape index (κ2) is 4.46. The first kappa shape index (κ1) is 10.3. The van der Waals surface area contributed by atoms with Crippen LogP contribution in [0.15, 0.2) is 36.9 Å². The van der Waals surface area contributed by atoms with Crippen LogP contribution in [0.2, 0.25) is 0 Å². The Labute approximate surface area is 84.0 Å². The molecule has 3 nitrogen and oxygen atoms in total. The van der Waals surface area contributed by atoms with E-state index in [9.17, 15) is 4.79 Å². The zero-order chi connectivity index (χ0) is 10.6. The molecule has 74 valence electrons. The maximum atomic E-state index is 11.0. The summed E-state index contributed by atoms with van der Waals surface area (Å²) >= 11 is 0. The second-order valence-corrected chi connectivity index (χ2v) is 3.14. The van der Waals surface area contributed by atoms with Gasteiger partial charge in [0.25, 0.3) is 0 Å². The fourth-order valence-electron chi connectivity index (χ4n) is 1.06. The van der Waals surface area contributed by atoms with Gasteiger partial charge in [-0.25, -0.2) is 0 Å². The molecule has 0 bridgehead atoms. The van der Waals surface area contributed by atoms with E-state index < -0.39 is 0 Å². The number of hydrogen-bond donors (Lipinski definition) is 1. The van der Waals surface area contributed by atoms with E-state index in [1.807, 2.05) is 43.3 Å². The van der Waals surface area contributed by atoms with Crippen molar-refractivity contribution in [1.29, 1.82) is 0 Å². The summed E-state index contributed by atoms with van der Waals surface area (Å²) in [5.74, 6) is -0.194. The zero-order valence-electron chi connectivity index (χ0n) is 8.45. The lowest BCUT2D eigenvalue weighted by molar-refractivity contribution is -0.111. The minimum absolute atomic E-state index is 0.194. The molecule has 0 aromatic heterocycles. The summed E-state index contributed by atoms with van der Waals surface area (Å²) in [4.78, 5) is 13.0. The molecule has 0 aliphatic carbocycles.